The van der Waals surface area contributed by atoms with Gasteiger partial charge in [-0.15, -0.1) is 0 Å². The van der Waals surface area contributed by atoms with E-state index < -0.39 is 5.97 Å². The summed E-state index contributed by atoms with van der Waals surface area (Å²) < 4.78 is 6.48. The highest BCUT2D eigenvalue weighted by atomic mass is 16.5. The Balaban J connectivity index is 2.22. The van der Waals surface area contributed by atoms with Crippen molar-refractivity contribution in [2.45, 2.75) is 13.5 Å². The van der Waals surface area contributed by atoms with Gasteiger partial charge in [0.15, 0.2) is 5.69 Å². The molecule has 18 heavy (non-hydrogen) atoms. The summed E-state index contributed by atoms with van der Waals surface area (Å²) in [5.41, 5.74) is 0.213. The van der Waals surface area contributed by atoms with Gasteiger partial charge in [0.05, 0.1) is 13.2 Å². The van der Waals surface area contributed by atoms with Crippen LogP contribution in [0.3, 0.4) is 0 Å². The Hall–Kier alpha value is -1.89. The lowest BCUT2D eigenvalue weighted by atomic mass is 10.3. The Morgan fingerprint density at radius 1 is 1.44 bits per heavy atom. The topological polar surface area (TPSA) is 84.7 Å². The molecule has 1 aromatic heterocycles. The highest BCUT2D eigenvalue weighted by Gasteiger charge is 2.23. The van der Waals surface area contributed by atoms with Crippen LogP contribution in [0.5, 0.6) is 0 Å². The zero-order valence-electron chi connectivity index (χ0n) is 10.1. The number of aromatic carboxylic acids is 1. The van der Waals surface area contributed by atoms with Gasteiger partial charge in [-0.3, -0.25) is 9.48 Å². The number of carboxylic acids is 1. The van der Waals surface area contributed by atoms with Crippen LogP contribution in [0.15, 0.2) is 6.07 Å². The van der Waals surface area contributed by atoms with Crippen LogP contribution >= 0.6 is 0 Å². The maximum atomic E-state index is 12.1. The number of carboxylic acid groups (broad SMARTS) is 1. The maximum absolute atomic E-state index is 12.1. The van der Waals surface area contributed by atoms with Crippen molar-refractivity contribution in [3.05, 3.63) is 17.5 Å². The summed E-state index contributed by atoms with van der Waals surface area (Å²) in [6.07, 6.45) is 0. The Labute approximate surface area is 104 Å². The van der Waals surface area contributed by atoms with Crippen molar-refractivity contribution in [1.82, 2.24) is 14.7 Å². The predicted molar refractivity (Wildman–Crippen MR) is 61.6 cm³/mol. The summed E-state index contributed by atoms with van der Waals surface area (Å²) in [4.78, 5) is 24.7. The molecule has 0 unspecified atom stereocenters. The van der Waals surface area contributed by atoms with E-state index >= 15 is 0 Å². The van der Waals surface area contributed by atoms with E-state index in [1.165, 1.54) is 10.7 Å². The third-order valence-corrected chi connectivity index (χ3v) is 2.82. The molecule has 2 heterocycles. The number of ether oxygens (including phenoxy) is 1. The summed E-state index contributed by atoms with van der Waals surface area (Å²) in [5, 5.41) is 13.0. The lowest BCUT2D eigenvalue weighted by molar-refractivity contribution is 0.0298. The number of morpholine rings is 1. The molecule has 1 amide bonds. The maximum Gasteiger partial charge on any atom is 0.354 e. The summed E-state index contributed by atoms with van der Waals surface area (Å²) in [6.45, 7) is 4.24. The molecule has 0 saturated carbocycles. The predicted octanol–water partition coefficient (Wildman–Crippen LogP) is 0.0736. The van der Waals surface area contributed by atoms with Gasteiger partial charge in [0, 0.05) is 25.7 Å². The van der Waals surface area contributed by atoms with Gasteiger partial charge in [-0.1, -0.05) is 0 Å². The van der Waals surface area contributed by atoms with Crippen LogP contribution in [0.1, 0.15) is 27.9 Å². The molecule has 7 nitrogen and oxygen atoms in total. The van der Waals surface area contributed by atoms with Crippen molar-refractivity contribution in [3.63, 3.8) is 0 Å². The normalized spacial score (nSPS) is 15.7. The van der Waals surface area contributed by atoms with Gasteiger partial charge in [0.1, 0.15) is 5.69 Å². The van der Waals surface area contributed by atoms with Crippen molar-refractivity contribution in [2.75, 3.05) is 26.3 Å². The van der Waals surface area contributed by atoms with Crippen molar-refractivity contribution < 1.29 is 19.4 Å². The quantitative estimate of drug-likeness (QED) is 0.824. The fraction of sp³-hybridized carbons (Fsp3) is 0.545. The smallest absolute Gasteiger partial charge is 0.354 e. The highest BCUT2D eigenvalue weighted by molar-refractivity contribution is 5.95. The molecular formula is C11H15N3O4. The molecule has 2 rings (SSSR count). The second-order valence-electron chi connectivity index (χ2n) is 3.94. The van der Waals surface area contributed by atoms with Crippen LogP contribution in [0.25, 0.3) is 0 Å². The SMILES string of the molecule is CCn1nc(C(=O)N2CCOCC2)cc1C(=O)O. The number of aryl methyl sites for hydroxylation is 1. The molecule has 1 aliphatic heterocycles. The Kier molecular flexibility index (Phi) is 3.61. The van der Waals surface area contributed by atoms with Gasteiger partial charge in [0.25, 0.3) is 5.91 Å². The molecule has 0 radical (unpaired) electrons. The van der Waals surface area contributed by atoms with Gasteiger partial charge in [-0.05, 0) is 6.92 Å². The highest BCUT2D eigenvalue weighted by Crippen LogP contribution is 2.09. The molecule has 1 fully saturated rings. The monoisotopic (exact) mass is 253 g/mol. The first-order valence-corrected chi connectivity index (χ1v) is 5.81. The Bertz CT molecular complexity index is 463. The minimum absolute atomic E-state index is 0.0362. The Morgan fingerprint density at radius 2 is 2.11 bits per heavy atom. The molecule has 1 saturated heterocycles. The minimum Gasteiger partial charge on any atom is -0.477 e. The van der Waals surface area contributed by atoms with Crippen molar-refractivity contribution in [2.24, 2.45) is 0 Å². The molecule has 1 aliphatic rings. The molecule has 0 aliphatic carbocycles. The molecule has 1 aromatic rings. The van der Waals surface area contributed by atoms with E-state index in [0.29, 0.717) is 32.8 Å². The van der Waals surface area contributed by atoms with E-state index in [1.54, 1.807) is 11.8 Å². The minimum atomic E-state index is -1.08. The van der Waals surface area contributed by atoms with Crippen LogP contribution in [0.2, 0.25) is 0 Å². The first-order chi connectivity index (χ1) is 8.63. The van der Waals surface area contributed by atoms with Crippen LogP contribution in [-0.2, 0) is 11.3 Å². The average molecular weight is 253 g/mol. The van der Waals surface area contributed by atoms with Crippen LogP contribution < -0.4 is 0 Å². The van der Waals surface area contributed by atoms with Crippen LogP contribution in [-0.4, -0.2) is 58.0 Å². The van der Waals surface area contributed by atoms with E-state index in [1.807, 2.05) is 0 Å². The molecule has 1 N–H and O–H groups in total. The molecule has 0 aromatic carbocycles. The van der Waals surface area contributed by atoms with Crippen molar-refractivity contribution in [3.8, 4) is 0 Å². The Morgan fingerprint density at radius 3 is 2.61 bits per heavy atom. The van der Waals surface area contributed by atoms with Crippen molar-refractivity contribution >= 4 is 11.9 Å². The summed E-state index contributed by atoms with van der Waals surface area (Å²) in [5.74, 6) is -1.32. The zero-order chi connectivity index (χ0) is 13.1. The first-order valence-electron chi connectivity index (χ1n) is 5.81. The van der Waals surface area contributed by atoms with Gasteiger partial charge >= 0.3 is 5.97 Å². The number of hydrogen-bond donors (Lipinski definition) is 1. The molecule has 0 atom stereocenters. The average Bonchev–Trinajstić information content (AvgIpc) is 2.83. The standard InChI is InChI=1S/C11H15N3O4/c1-2-14-9(11(16)17)7-8(12-14)10(15)13-3-5-18-6-4-13/h7H,2-6H2,1H3,(H,16,17). The molecule has 0 bridgehead atoms. The van der Waals surface area contributed by atoms with Gasteiger partial charge in [-0.25, -0.2) is 4.79 Å². The number of carbonyl (C=O) groups is 2. The first kappa shape index (κ1) is 12.6. The largest absolute Gasteiger partial charge is 0.477 e. The summed E-state index contributed by atoms with van der Waals surface area (Å²) in [6, 6.07) is 1.32. The second-order valence-corrected chi connectivity index (χ2v) is 3.94. The molecule has 0 spiro atoms. The zero-order valence-corrected chi connectivity index (χ0v) is 10.1. The van der Waals surface area contributed by atoms with E-state index in [9.17, 15) is 9.59 Å². The molecule has 98 valence electrons. The lowest BCUT2D eigenvalue weighted by Gasteiger charge is -2.25. The number of hydrogen-bond acceptors (Lipinski definition) is 4. The van der Waals surface area contributed by atoms with Crippen LogP contribution in [0.4, 0.5) is 0 Å². The fourth-order valence-corrected chi connectivity index (χ4v) is 1.86. The van der Waals surface area contributed by atoms with E-state index in [2.05, 4.69) is 5.10 Å². The van der Waals surface area contributed by atoms with Gasteiger partial charge in [-0.2, -0.15) is 5.10 Å². The number of rotatable bonds is 3. The van der Waals surface area contributed by atoms with E-state index in [-0.39, 0.29) is 17.3 Å². The summed E-state index contributed by atoms with van der Waals surface area (Å²) >= 11 is 0. The number of carbonyl (C=O) groups excluding carboxylic acids is 1. The fourth-order valence-electron chi connectivity index (χ4n) is 1.86. The van der Waals surface area contributed by atoms with E-state index in [4.69, 9.17) is 9.84 Å². The van der Waals surface area contributed by atoms with E-state index in [0.717, 1.165) is 0 Å². The lowest BCUT2D eigenvalue weighted by Crippen LogP contribution is -2.40. The number of aromatic nitrogens is 2. The van der Waals surface area contributed by atoms with Crippen molar-refractivity contribution in [1.29, 1.82) is 0 Å². The number of nitrogens with zero attached hydrogens (tertiary/aromatic N) is 3. The molecule has 7 heteroatoms. The second kappa shape index (κ2) is 5.18. The third kappa shape index (κ3) is 2.35. The van der Waals surface area contributed by atoms with Gasteiger partial charge < -0.3 is 14.7 Å². The summed E-state index contributed by atoms with van der Waals surface area (Å²) in [7, 11) is 0. The third-order valence-electron chi connectivity index (χ3n) is 2.82. The number of amides is 1. The van der Waals surface area contributed by atoms with Gasteiger partial charge in [0.2, 0.25) is 0 Å². The molecular weight excluding hydrogens is 238 g/mol. The van der Waals surface area contributed by atoms with Crippen LogP contribution in [0, 0.1) is 0 Å².